The van der Waals surface area contributed by atoms with Gasteiger partial charge in [-0.25, -0.2) is 4.98 Å². The van der Waals surface area contributed by atoms with E-state index in [1.807, 2.05) is 6.92 Å². The summed E-state index contributed by atoms with van der Waals surface area (Å²) in [6, 6.07) is 2.24. The molecule has 5 nitrogen and oxygen atoms in total. The summed E-state index contributed by atoms with van der Waals surface area (Å²) >= 11 is 0. The van der Waals surface area contributed by atoms with Crippen LogP contribution in [0.5, 0.6) is 5.88 Å². The van der Waals surface area contributed by atoms with E-state index in [0.717, 1.165) is 12.8 Å². The van der Waals surface area contributed by atoms with Crippen LogP contribution in [0, 0.1) is 0 Å². The van der Waals surface area contributed by atoms with Crippen LogP contribution in [0.4, 0.5) is 5.95 Å². The lowest BCUT2D eigenvalue weighted by Gasteiger charge is -2.29. The van der Waals surface area contributed by atoms with Gasteiger partial charge in [0.05, 0.1) is 6.61 Å². The van der Waals surface area contributed by atoms with E-state index in [2.05, 4.69) is 15.3 Å². The first-order valence-electron chi connectivity index (χ1n) is 6.27. The highest BCUT2D eigenvalue weighted by Gasteiger charge is 2.22. The summed E-state index contributed by atoms with van der Waals surface area (Å²) in [4.78, 5) is 8.48. The zero-order chi connectivity index (χ0) is 12.1. The summed E-state index contributed by atoms with van der Waals surface area (Å²) in [5.41, 5.74) is 6.07. The molecule has 0 aromatic carbocycles. The van der Waals surface area contributed by atoms with Crippen molar-refractivity contribution in [2.45, 2.75) is 44.7 Å². The molecule has 5 heteroatoms. The minimum absolute atomic E-state index is 0.197. The second-order valence-electron chi connectivity index (χ2n) is 4.35. The van der Waals surface area contributed by atoms with E-state index in [-0.39, 0.29) is 12.1 Å². The standard InChI is InChI=1S/C12H20N4O/c1-2-17-11-7-8-14-12(16-11)15-10-6-4-3-5-9(10)13/h7-10H,2-6,13H2,1H3,(H,14,15,16). The van der Waals surface area contributed by atoms with Crippen LogP contribution in [-0.4, -0.2) is 28.7 Å². The lowest BCUT2D eigenvalue weighted by molar-refractivity contribution is 0.326. The Morgan fingerprint density at radius 1 is 1.47 bits per heavy atom. The second-order valence-corrected chi connectivity index (χ2v) is 4.35. The minimum atomic E-state index is 0.197. The Kier molecular flexibility index (Phi) is 4.14. The van der Waals surface area contributed by atoms with Gasteiger partial charge in [-0.05, 0) is 19.8 Å². The Labute approximate surface area is 102 Å². The highest BCUT2D eigenvalue weighted by atomic mass is 16.5. The summed E-state index contributed by atoms with van der Waals surface area (Å²) in [5, 5.41) is 3.30. The second kappa shape index (κ2) is 5.82. The molecule has 0 amide bonds. The molecule has 0 spiro atoms. The Bertz CT molecular complexity index is 358. The van der Waals surface area contributed by atoms with Crippen molar-refractivity contribution in [2.75, 3.05) is 11.9 Å². The number of nitrogens with zero attached hydrogens (tertiary/aromatic N) is 2. The van der Waals surface area contributed by atoms with E-state index in [0.29, 0.717) is 18.4 Å². The number of hydrogen-bond donors (Lipinski definition) is 2. The molecule has 1 fully saturated rings. The van der Waals surface area contributed by atoms with Crippen LogP contribution in [-0.2, 0) is 0 Å². The molecule has 1 heterocycles. The molecule has 2 unspecified atom stereocenters. The first-order chi connectivity index (χ1) is 8.29. The maximum atomic E-state index is 6.07. The number of ether oxygens (including phenoxy) is 1. The van der Waals surface area contributed by atoms with Gasteiger partial charge in [-0.2, -0.15) is 4.98 Å². The molecule has 0 bridgehead atoms. The van der Waals surface area contributed by atoms with Gasteiger partial charge < -0.3 is 15.8 Å². The molecule has 1 aliphatic rings. The van der Waals surface area contributed by atoms with Crippen LogP contribution in [0.3, 0.4) is 0 Å². The third kappa shape index (κ3) is 3.30. The minimum Gasteiger partial charge on any atom is -0.478 e. The van der Waals surface area contributed by atoms with Crippen molar-refractivity contribution in [3.63, 3.8) is 0 Å². The Morgan fingerprint density at radius 2 is 2.29 bits per heavy atom. The predicted octanol–water partition coefficient (Wildman–Crippen LogP) is 1.56. The van der Waals surface area contributed by atoms with Gasteiger partial charge in [0.2, 0.25) is 11.8 Å². The molecule has 0 saturated heterocycles. The average Bonchev–Trinajstić information content (AvgIpc) is 2.33. The van der Waals surface area contributed by atoms with Gasteiger partial charge in [-0.3, -0.25) is 0 Å². The first-order valence-corrected chi connectivity index (χ1v) is 6.27. The van der Waals surface area contributed by atoms with Gasteiger partial charge in [-0.1, -0.05) is 12.8 Å². The van der Waals surface area contributed by atoms with Crippen molar-refractivity contribution in [1.82, 2.24) is 9.97 Å². The van der Waals surface area contributed by atoms with Crippen molar-refractivity contribution in [2.24, 2.45) is 5.73 Å². The number of hydrogen-bond acceptors (Lipinski definition) is 5. The van der Waals surface area contributed by atoms with E-state index in [1.165, 1.54) is 12.8 Å². The van der Waals surface area contributed by atoms with Crippen molar-refractivity contribution < 1.29 is 4.74 Å². The molecular weight excluding hydrogens is 216 g/mol. The molecule has 17 heavy (non-hydrogen) atoms. The largest absolute Gasteiger partial charge is 0.478 e. The smallest absolute Gasteiger partial charge is 0.226 e. The van der Waals surface area contributed by atoms with Crippen LogP contribution in [0.15, 0.2) is 12.3 Å². The van der Waals surface area contributed by atoms with E-state index >= 15 is 0 Å². The van der Waals surface area contributed by atoms with Crippen LogP contribution >= 0.6 is 0 Å². The van der Waals surface area contributed by atoms with Gasteiger partial charge in [0.1, 0.15) is 0 Å². The van der Waals surface area contributed by atoms with E-state index < -0.39 is 0 Å². The van der Waals surface area contributed by atoms with Crippen LogP contribution in [0.25, 0.3) is 0 Å². The highest BCUT2D eigenvalue weighted by Crippen LogP contribution is 2.20. The molecule has 1 saturated carbocycles. The van der Waals surface area contributed by atoms with Crippen molar-refractivity contribution in [1.29, 1.82) is 0 Å². The molecule has 2 atom stereocenters. The quantitative estimate of drug-likeness (QED) is 0.830. The fourth-order valence-corrected chi connectivity index (χ4v) is 2.14. The molecule has 0 aliphatic heterocycles. The Morgan fingerprint density at radius 3 is 3.06 bits per heavy atom. The highest BCUT2D eigenvalue weighted by molar-refractivity contribution is 5.29. The van der Waals surface area contributed by atoms with Gasteiger partial charge in [0.15, 0.2) is 0 Å². The zero-order valence-corrected chi connectivity index (χ0v) is 10.2. The van der Waals surface area contributed by atoms with Crippen molar-refractivity contribution in [3.05, 3.63) is 12.3 Å². The van der Waals surface area contributed by atoms with Crippen LogP contribution in [0.1, 0.15) is 32.6 Å². The van der Waals surface area contributed by atoms with E-state index in [1.54, 1.807) is 12.3 Å². The summed E-state index contributed by atoms with van der Waals surface area (Å²) in [5.74, 6) is 1.22. The zero-order valence-electron chi connectivity index (χ0n) is 10.2. The maximum Gasteiger partial charge on any atom is 0.226 e. The fourth-order valence-electron chi connectivity index (χ4n) is 2.14. The van der Waals surface area contributed by atoms with Gasteiger partial charge in [-0.15, -0.1) is 0 Å². The normalized spacial score (nSPS) is 24.4. The monoisotopic (exact) mass is 236 g/mol. The van der Waals surface area contributed by atoms with E-state index in [9.17, 15) is 0 Å². The summed E-state index contributed by atoms with van der Waals surface area (Å²) in [7, 11) is 0. The average molecular weight is 236 g/mol. The first kappa shape index (κ1) is 12.1. The molecular formula is C12H20N4O. The molecule has 3 N–H and O–H groups in total. The molecule has 2 rings (SSSR count). The van der Waals surface area contributed by atoms with Crippen molar-refractivity contribution >= 4 is 5.95 Å². The topological polar surface area (TPSA) is 73.1 Å². The van der Waals surface area contributed by atoms with Gasteiger partial charge in [0, 0.05) is 24.3 Å². The van der Waals surface area contributed by atoms with Gasteiger partial charge >= 0.3 is 0 Å². The van der Waals surface area contributed by atoms with Gasteiger partial charge in [0.25, 0.3) is 0 Å². The lowest BCUT2D eigenvalue weighted by Crippen LogP contribution is -2.42. The number of rotatable bonds is 4. The van der Waals surface area contributed by atoms with Crippen molar-refractivity contribution in [3.8, 4) is 5.88 Å². The summed E-state index contributed by atoms with van der Waals surface area (Å²) in [6.07, 6.45) is 6.30. The van der Waals surface area contributed by atoms with Crippen LogP contribution < -0.4 is 15.8 Å². The SMILES string of the molecule is CCOc1ccnc(NC2CCCCC2N)n1. The molecule has 94 valence electrons. The Hall–Kier alpha value is -1.36. The molecule has 1 aliphatic carbocycles. The maximum absolute atomic E-state index is 6.07. The number of anilines is 1. The number of nitrogens with one attached hydrogen (secondary N) is 1. The number of nitrogens with two attached hydrogens (primary N) is 1. The Balaban J connectivity index is 1.99. The third-order valence-electron chi connectivity index (χ3n) is 3.06. The van der Waals surface area contributed by atoms with E-state index in [4.69, 9.17) is 10.5 Å². The van der Waals surface area contributed by atoms with Crippen LogP contribution in [0.2, 0.25) is 0 Å². The summed E-state index contributed by atoms with van der Waals surface area (Å²) in [6.45, 7) is 2.55. The molecule has 0 radical (unpaired) electrons. The third-order valence-corrected chi connectivity index (χ3v) is 3.06. The summed E-state index contributed by atoms with van der Waals surface area (Å²) < 4.78 is 5.34. The number of aromatic nitrogens is 2. The molecule has 1 aromatic rings. The fraction of sp³-hybridized carbons (Fsp3) is 0.667. The predicted molar refractivity (Wildman–Crippen MR) is 67.1 cm³/mol. The molecule has 1 aromatic heterocycles. The lowest BCUT2D eigenvalue weighted by atomic mass is 9.91.